The maximum absolute atomic E-state index is 5.49. The van der Waals surface area contributed by atoms with E-state index in [4.69, 9.17) is 20.9 Å². The molecule has 1 aromatic carbocycles. The van der Waals surface area contributed by atoms with Gasteiger partial charge in [-0.25, -0.2) is 4.99 Å². The number of guanidine groups is 1. The van der Waals surface area contributed by atoms with Gasteiger partial charge in [-0.1, -0.05) is 0 Å². The van der Waals surface area contributed by atoms with E-state index in [0.29, 0.717) is 24.7 Å². The Morgan fingerprint density at radius 1 is 1.12 bits per heavy atom. The lowest BCUT2D eigenvalue weighted by Crippen LogP contribution is -2.21. The molecule has 0 fully saturated rings. The van der Waals surface area contributed by atoms with Crippen molar-refractivity contribution in [1.29, 1.82) is 0 Å². The first-order chi connectivity index (χ1) is 7.25. The number of hydrogen-bond acceptors (Lipinski definition) is 3. The number of ether oxygens (including phenoxy) is 2. The van der Waals surface area contributed by atoms with Crippen molar-refractivity contribution in [2.45, 2.75) is 6.42 Å². The van der Waals surface area contributed by atoms with Crippen LogP contribution >= 0.6 is 24.0 Å². The number of fused-ring (bicyclic) bond motifs is 1. The van der Waals surface area contributed by atoms with Crippen LogP contribution in [0.3, 0.4) is 0 Å². The van der Waals surface area contributed by atoms with Crippen molar-refractivity contribution in [1.82, 2.24) is 0 Å². The van der Waals surface area contributed by atoms with Crippen LogP contribution in [0.5, 0.6) is 11.5 Å². The normalized spacial score (nSPS) is 13.2. The summed E-state index contributed by atoms with van der Waals surface area (Å²) in [4.78, 5) is 3.93. The summed E-state index contributed by atoms with van der Waals surface area (Å²) in [6.45, 7) is 1.33. The second-order valence-corrected chi connectivity index (χ2v) is 3.22. The number of rotatable bonds is 1. The molecule has 88 valence electrons. The standard InChI is InChI=1S/C10H13N3O2.HI/c11-10(12)13-7-2-3-8-9(6-7)15-5-1-4-14-8;/h2-3,6H,1,4-5H2,(H4,11,12,13);1H. The zero-order chi connectivity index (χ0) is 10.7. The molecule has 0 radical (unpaired) electrons. The van der Waals surface area contributed by atoms with Gasteiger partial charge in [0, 0.05) is 12.5 Å². The van der Waals surface area contributed by atoms with E-state index in [9.17, 15) is 0 Å². The predicted molar refractivity (Wildman–Crippen MR) is 72.9 cm³/mol. The third-order valence-electron chi connectivity index (χ3n) is 1.99. The van der Waals surface area contributed by atoms with Gasteiger partial charge in [0.1, 0.15) is 0 Å². The second kappa shape index (κ2) is 5.78. The average molecular weight is 335 g/mol. The van der Waals surface area contributed by atoms with Gasteiger partial charge in [-0.05, 0) is 12.1 Å². The molecule has 0 aliphatic carbocycles. The molecule has 16 heavy (non-hydrogen) atoms. The molecule has 0 spiro atoms. The summed E-state index contributed by atoms with van der Waals surface area (Å²) in [7, 11) is 0. The Hall–Kier alpha value is -1.18. The molecule has 4 N–H and O–H groups in total. The van der Waals surface area contributed by atoms with Crippen molar-refractivity contribution in [3.63, 3.8) is 0 Å². The first kappa shape index (κ1) is 12.9. The number of nitrogens with two attached hydrogens (primary N) is 2. The van der Waals surface area contributed by atoms with E-state index < -0.39 is 0 Å². The van der Waals surface area contributed by atoms with Gasteiger partial charge in [0.2, 0.25) is 0 Å². The summed E-state index contributed by atoms with van der Waals surface area (Å²) in [6, 6.07) is 5.36. The number of halogens is 1. The zero-order valence-corrected chi connectivity index (χ0v) is 11.0. The lowest BCUT2D eigenvalue weighted by atomic mass is 10.3. The summed E-state index contributed by atoms with van der Waals surface area (Å²) >= 11 is 0. The largest absolute Gasteiger partial charge is 0.490 e. The van der Waals surface area contributed by atoms with Crippen LogP contribution in [0.2, 0.25) is 0 Å². The first-order valence-corrected chi connectivity index (χ1v) is 4.75. The summed E-state index contributed by atoms with van der Waals surface area (Å²) in [5.41, 5.74) is 11.2. The quantitative estimate of drug-likeness (QED) is 0.461. The molecule has 1 aromatic rings. The molecule has 2 rings (SSSR count). The van der Waals surface area contributed by atoms with E-state index in [0.717, 1.165) is 12.2 Å². The van der Waals surface area contributed by atoms with Crippen LogP contribution in [0.4, 0.5) is 5.69 Å². The molecule has 0 bridgehead atoms. The molecular formula is C10H14IN3O2. The third-order valence-corrected chi connectivity index (χ3v) is 1.99. The molecule has 6 heteroatoms. The fourth-order valence-corrected chi connectivity index (χ4v) is 1.37. The van der Waals surface area contributed by atoms with Gasteiger partial charge in [-0.15, -0.1) is 24.0 Å². The molecule has 0 saturated carbocycles. The molecule has 1 aliphatic rings. The molecule has 0 atom stereocenters. The summed E-state index contributed by atoms with van der Waals surface area (Å²) in [6.07, 6.45) is 0.881. The lowest BCUT2D eigenvalue weighted by Gasteiger charge is -2.07. The van der Waals surface area contributed by atoms with Crippen LogP contribution in [0.25, 0.3) is 0 Å². The smallest absolute Gasteiger partial charge is 0.191 e. The summed E-state index contributed by atoms with van der Waals surface area (Å²) in [5.74, 6) is 1.46. The molecule has 0 amide bonds. The highest BCUT2D eigenvalue weighted by Crippen LogP contribution is 2.33. The van der Waals surface area contributed by atoms with Crippen molar-refractivity contribution in [3.05, 3.63) is 18.2 Å². The van der Waals surface area contributed by atoms with Gasteiger partial charge >= 0.3 is 0 Å². The molecule has 0 unspecified atom stereocenters. The highest BCUT2D eigenvalue weighted by molar-refractivity contribution is 14.0. The van der Waals surface area contributed by atoms with E-state index in [2.05, 4.69) is 4.99 Å². The molecule has 0 aromatic heterocycles. The summed E-state index contributed by atoms with van der Waals surface area (Å²) < 4.78 is 11.0. The number of benzene rings is 1. The lowest BCUT2D eigenvalue weighted by molar-refractivity contribution is 0.297. The van der Waals surface area contributed by atoms with Crippen molar-refractivity contribution in [3.8, 4) is 11.5 Å². The van der Waals surface area contributed by atoms with E-state index in [1.807, 2.05) is 6.07 Å². The van der Waals surface area contributed by atoms with Crippen LogP contribution in [0, 0.1) is 0 Å². The number of nitrogens with zero attached hydrogens (tertiary/aromatic N) is 1. The fourth-order valence-electron chi connectivity index (χ4n) is 1.37. The van der Waals surface area contributed by atoms with Gasteiger partial charge in [-0.3, -0.25) is 0 Å². The van der Waals surface area contributed by atoms with E-state index in [1.54, 1.807) is 12.1 Å². The monoisotopic (exact) mass is 335 g/mol. The molecule has 5 nitrogen and oxygen atoms in total. The predicted octanol–water partition coefficient (Wildman–Crippen LogP) is 1.37. The van der Waals surface area contributed by atoms with Gasteiger partial charge in [0.05, 0.1) is 18.9 Å². The van der Waals surface area contributed by atoms with Crippen LogP contribution < -0.4 is 20.9 Å². The molecular weight excluding hydrogens is 321 g/mol. The maximum Gasteiger partial charge on any atom is 0.191 e. The van der Waals surface area contributed by atoms with E-state index >= 15 is 0 Å². The minimum absolute atomic E-state index is 0. The maximum atomic E-state index is 5.49. The minimum atomic E-state index is 0. The third kappa shape index (κ3) is 3.16. The highest BCUT2D eigenvalue weighted by Gasteiger charge is 2.10. The molecule has 1 aliphatic heterocycles. The van der Waals surface area contributed by atoms with Crippen molar-refractivity contribution < 1.29 is 9.47 Å². The topological polar surface area (TPSA) is 82.9 Å². The van der Waals surface area contributed by atoms with Crippen molar-refractivity contribution in [2.75, 3.05) is 13.2 Å². The number of hydrogen-bond donors (Lipinski definition) is 2. The van der Waals surface area contributed by atoms with Crippen LogP contribution in [-0.4, -0.2) is 19.2 Å². The molecule has 1 heterocycles. The second-order valence-electron chi connectivity index (χ2n) is 3.22. The van der Waals surface area contributed by atoms with E-state index in [1.165, 1.54) is 0 Å². The Morgan fingerprint density at radius 3 is 2.50 bits per heavy atom. The fraction of sp³-hybridized carbons (Fsp3) is 0.300. The van der Waals surface area contributed by atoms with Gasteiger partial charge in [0.15, 0.2) is 17.5 Å². The Kier molecular flexibility index (Phi) is 4.66. The van der Waals surface area contributed by atoms with Gasteiger partial charge < -0.3 is 20.9 Å². The SMILES string of the molecule is I.NC(N)=Nc1ccc2c(c1)OCCCO2. The van der Waals surface area contributed by atoms with Crippen molar-refractivity contribution in [2.24, 2.45) is 16.5 Å². The van der Waals surface area contributed by atoms with E-state index in [-0.39, 0.29) is 29.9 Å². The van der Waals surface area contributed by atoms with Crippen LogP contribution in [-0.2, 0) is 0 Å². The number of aliphatic imine (C=N–C) groups is 1. The first-order valence-electron chi connectivity index (χ1n) is 4.75. The van der Waals surface area contributed by atoms with Crippen LogP contribution in [0.15, 0.2) is 23.2 Å². The van der Waals surface area contributed by atoms with Crippen LogP contribution in [0.1, 0.15) is 6.42 Å². The highest BCUT2D eigenvalue weighted by atomic mass is 127. The van der Waals surface area contributed by atoms with Gasteiger partial charge in [0.25, 0.3) is 0 Å². The van der Waals surface area contributed by atoms with Crippen molar-refractivity contribution >= 4 is 35.6 Å². The van der Waals surface area contributed by atoms with Gasteiger partial charge in [-0.2, -0.15) is 0 Å². The molecule has 0 saturated heterocycles. The Bertz CT molecular complexity index is 392. The Labute approximate surface area is 111 Å². The Balaban J connectivity index is 0.00000128. The summed E-state index contributed by atoms with van der Waals surface area (Å²) in [5, 5.41) is 0. The minimum Gasteiger partial charge on any atom is -0.490 e. The zero-order valence-electron chi connectivity index (χ0n) is 8.68. The average Bonchev–Trinajstić information content (AvgIpc) is 2.41. The Morgan fingerprint density at radius 2 is 1.81 bits per heavy atom.